The summed E-state index contributed by atoms with van der Waals surface area (Å²) in [5.74, 6) is -9.33. The third-order valence-electron chi connectivity index (χ3n) is 7.18. The first-order valence-corrected chi connectivity index (χ1v) is 11.2. The fraction of sp³-hybridized carbons (Fsp3) is 0.826. The third-order valence-corrected chi connectivity index (χ3v) is 7.18. The van der Waals surface area contributed by atoms with Crippen LogP contribution in [0.4, 0.5) is 17.6 Å². The molecule has 0 atom stereocenters. The van der Waals surface area contributed by atoms with Crippen LogP contribution in [0.5, 0.6) is 0 Å². The number of hydrogen-bond acceptors (Lipinski definition) is 3. The number of fused-ring (bicyclic) bond motifs is 3. The molecule has 3 aliphatic heterocycles. The SMILES string of the molecule is CC1CCC(C2=CC=C(CCCCC34OCC(C)(CO3)CO4)C(F)(F)C2(F)F)CC1. The Labute approximate surface area is 175 Å². The van der Waals surface area contributed by atoms with Gasteiger partial charge in [0.05, 0.1) is 19.8 Å². The van der Waals surface area contributed by atoms with Crippen LogP contribution in [0.15, 0.2) is 23.3 Å². The zero-order chi connectivity index (χ0) is 21.6. The number of halogens is 4. The number of rotatable bonds is 6. The molecule has 0 aromatic rings. The first-order valence-electron chi connectivity index (χ1n) is 11.2. The molecule has 5 aliphatic rings. The van der Waals surface area contributed by atoms with Crippen molar-refractivity contribution in [2.45, 2.75) is 83.0 Å². The Morgan fingerprint density at radius 3 is 2.07 bits per heavy atom. The topological polar surface area (TPSA) is 27.7 Å². The Balaban J connectivity index is 1.35. The summed E-state index contributed by atoms with van der Waals surface area (Å²) in [5.41, 5.74) is -1.01. The fourth-order valence-electron chi connectivity index (χ4n) is 4.96. The molecule has 30 heavy (non-hydrogen) atoms. The van der Waals surface area contributed by atoms with Gasteiger partial charge in [0, 0.05) is 23.0 Å². The maximum absolute atomic E-state index is 14.8. The molecule has 0 spiro atoms. The molecule has 0 N–H and O–H groups in total. The summed E-state index contributed by atoms with van der Waals surface area (Å²) in [7, 11) is 0. The second-order valence-corrected chi connectivity index (χ2v) is 9.99. The van der Waals surface area contributed by atoms with Crippen molar-refractivity contribution in [3.63, 3.8) is 0 Å². The highest BCUT2D eigenvalue weighted by molar-refractivity contribution is 5.39. The first kappa shape index (κ1) is 22.3. The summed E-state index contributed by atoms with van der Waals surface area (Å²) in [4.78, 5) is 0. The van der Waals surface area contributed by atoms with Gasteiger partial charge in [-0.1, -0.05) is 38.8 Å². The van der Waals surface area contributed by atoms with Crippen LogP contribution in [0.25, 0.3) is 0 Å². The Morgan fingerprint density at radius 1 is 0.867 bits per heavy atom. The maximum Gasteiger partial charge on any atom is 0.336 e. The van der Waals surface area contributed by atoms with E-state index >= 15 is 0 Å². The molecule has 2 bridgehead atoms. The van der Waals surface area contributed by atoms with Gasteiger partial charge < -0.3 is 14.2 Å². The van der Waals surface area contributed by atoms with E-state index in [1.165, 1.54) is 12.2 Å². The fourth-order valence-corrected chi connectivity index (χ4v) is 4.96. The molecule has 170 valence electrons. The summed E-state index contributed by atoms with van der Waals surface area (Å²) in [6, 6.07) is 0. The molecule has 3 heterocycles. The summed E-state index contributed by atoms with van der Waals surface area (Å²) < 4.78 is 76.2. The van der Waals surface area contributed by atoms with Gasteiger partial charge >= 0.3 is 11.8 Å². The van der Waals surface area contributed by atoms with Crippen LogP contribution in [0.1, 0.15) is 65.2 Å². The van der Waals surface area contributed by atoms with Gasteiger partial charge in [-0.2, -0.15) is 17.6 Å². The number of alkyl halides is 4. The van der Waals surface area contributed by atoms with E-state index in [-0.39, 0.29) is 17.4 Å². The number of hydrogen-bond donors (Lipinski definition) is 0. The van der Waals surface area contributed by atoms with E-state index in [4.69, 9.17) is 14.2 Å². The molecule has 2 aliphatic carbocycles. The average molecular weight is 432 g/mol. The number of ether oxygens (including phenoxy) is 3. The normalized spacial score (nSPS) is 40.1. The van der Waals surface area contributed by atoms with Crippen molar-refractivity contribution in [2.75, 3.05) is 19.8 Å². The van der Waals surface area contributed by atoms with E-state index in [1.807, 2.05) is 6.92 Å². The average Bonchev–Trinajstić information content (AvgIpc) is 2.71. The van der Waals surface area contributed by atoms with Crippen molar-refractivity contribution >= 4 is 0 Å². The van der Waals surface area contributed by atoms with E-state index in [1.54, 1.807) is 0 Å². The molecule has 3 saturated heterocycles. The molecule has 4 fully saturated rings. The molecular weight excluding hydrogens is 400 g/mol. The predicted octanol–water partition coefficient (Wildman–Crippen LogP) is 6.25. The van der Waals surface area contributed by atoms with E-state index < -0.39 is 29.3 Å². The van der Waals surface area contributed by atoms with Gasteiger partial charge in [-0.05, 0) is 43.9 Å². The van der Waals surface area contributed by atoms with Gasteiger partial charge in [-0.3, -0.25) is 0 Å². The van der Waals surface area contributed by atoms with Crippen molar-refractivity contribution in [2.24, 2.45) is 17.3 Å². The minimum absolute atomic E-state index is 0.0815. The minimum atomic E-state index is -4.14. The highest BCUT2D eigenvalue weighted by atomic mass is 19.3. The third kappa shape index (κ3) is 3.97. The lowest BCUT2D eigenvalue weighted by Gasteiger charge is -2.50. The lowest BCUT2D eigenvalue weighted by molar-refractivity contribution is -0.467. The predicted molar refractivity (Wildman–Crippen MR) is 104 cm³/mol. The van der Waals surface area contributed by atoms with Crippen LogP contribution in [0.2, 0.25) is 0 Å². The lowest BCUT2D eigenvalue weighted by Crippen LogP contribution is -2.58. The molecule has 0 aromatic heterocycles. The zero-order valence-corrected chi connectivity index (χ0v) is 17.8. The van der Waals surface area contributed by atoms with Gasteiger partial charge in [0.1, 0.15) is 0 Å². The van der Waals surface area contributed by atoms with E-state index in [0.29, 0.717) is 57.8 Å². The van der Waals surface area contributed by atoms with Crippen molar-refractivity contribution < 1.29 is 31.8 Å². The molecule has 3 nitrogen and oxygen atoms in total. The molecule has 7 heteroatoms. The van der Waals surface area contributed by atoms with Crippen molar-refractivity contribution in [3.05, 3.63) is 23.3 Å². The second-order valence-electron chi connectivity index (χ2n) is 9.99. The van der Waals surface area contributed by atoms with Crippen molar-refractivity contribution in [3.8, 4) is 0 Å². The molecule has 5 rings (SSSR count). The number of unbranched alkanes of at least 4 members (excludes halogenated alkanes) is 1. The monoisotopic (exact) mass is 432 g/mol. The van der Waals surface area contributed by atoms with Gasteiger partial charge in [0.15, 0.2) is 0 Å². The standard InChI is InChI=1S/C23H32F4O3/c1-16-6-8-17(9-7-16)19-11-10-18(22(24,25)23(19,26)27)5-3-4-12-21-28-13-20(2,14-29-21)15-30-21/h10-11,16-17H,3-9,12-15H2,1-2H3. The highest BCUT2D eigenvalue weighted by Crippen LogP contribution is 2.53. The molecule has 0 amide bonds. The van der Waals surface area contributed by atoms with Crippen LogP contribution >= 0.6 is 0 Å². The van der Waals surface area contributed by atoms with Crippen molar-refractivity contribution in [1.82, 2.24) is 0 Å². The first-order chi connectivity index (χ1) is 14.1. The summed E-state index contributed by atoms with van der Waals surface area (Å²) in [6.07, 6.45) is 6.40. The Morgan fingerprint density at radius 2 is 1.47 bits per heavy atom. The molecule has 1 saturated carbocycles. The molecular formula is C23H32F4O3. The lowest BCUT2D eigenvalue weighted by atomic mass is 9.74. The van der Waals surface area contributed by atoms with Crippen LogP contribution in [0, 0.1) is 17.3 Å². The van der Waals surface area contributed by atoms with Gasteiger partial charge in [-0.15, -0.1) is 0 Å². The molecule has 0 aromatic carbocycles. The Kier molecular flexibility index (Phi) is 5.86. The van der Waals surface area contributed by atoms with Crippen LogP contribution in [0.3, 0.4) is 0 Å². The van der Waals surface area contributed by atoms with Gasteiger partial charge in [0.25, 0.3) is 5.97 Å². The minimum Gasteiger partial charge on any atom is -0.327 e. The smallest absolute Gasteiger partial charge is 0.327 e. The quantitative estimate of drug-likeness (QED) is 0.367. The summed E-state index contributed by atoms with van der Waals surface area (Å²) in [6.45, 7) is 5.71. The summed E-state index contributed by atoms with van der Waals surface area (Å²) in [5, 5.41) is 0. The van der Waals surface area contributed by atoms with Gasteiger partial charge in [-0.25, -0.2) is 0 Å². The molecule has 0 unspecified atom stereocenters. The largest absolute Gasteiger partial charge is 0.336 e. The number of allylic oxidation sites excluding steroid dienone is 4. The van der Waals surface area contributed by atoms with Crippen LogP contribution in [-0.4, -0.2) is 37.6 Å². The Bertz CT molecular complexity index is 683. The van der Waals surface area contributed by atoms with Crippen LogP contribution < -0.4 is 0 Å². The van der Waals surface area contributed by atoms with E-state index in [2.05, 4.69) is 6.92 Å². The highest BCUT2D eigenvalue weighted by Gasteiger charge is 2.62. The summed E-state index contributed by atoms with van der Waals surface area (Å²) >= 11 is 0. The maximum atomic E-state index is 14.8. The van der Waals surface area contributed by atoms with E-state index in [0.717, 1.165) is 12.8 Å². The zero-order valence-electron chi connectivity index (χ0n) is 17.8. The molecule has 0 radical (unpaired) electrons. The Hall–Kier alpha value is -0.920. The van der Waals surface area contributed by atoms with Crippen LogP contribution in [-0.2, 0) is 14.2 Å². The second kappa shape index (κ2) is 7.89. The van der Waals surface area contributed by atoms with Crippen molar-refractivity contribution in [1.29, 1.82) is 0 Å². The van der Waals surface area contributed by atoms with Gasteiger partial charge in [0.2, 0.25) is 0 Å². The van der Waals surface area contributed by atoms with E-state index in [9.17, 15) is 17.6 Å².